The van der Waals surface area contributed by atoms with Crippen LogP contribution in [-0.4, -0.2) is 16.9 Å². The van der Waals surface area contributed by atoms with Gasteiger partial charge in [-0.3, -0.25) is 0 Å². The van der Waals surface area contributed by atoms with Crippen molar-refractivity contribution in [2.75, 3.05) is 0 Å². The molecule has 0 N–H and O–H groups in total. The molecular weight excluding hydrogens is 437 g/mol. The summed E-state index contributed by atoms with van der Waals surface area (Å²) in [5.74, 6) is 4.41. The van der Waals surface area contributed by atoms with Gasteiger partial charge in [0.25, 0.3) is 0 Å². The van der Waals surface area contributed by atoms with Gasteiger partial charge in [0, 0.05) is 28.5 Å². The zero-order valence-corrected chi connectivity index (χ0v) is 21.8. The van der Waals surface area contributed by atoms with Crippen molar-refractivity contribution >= 4 is 28.4 Å². The summed E-state index contributed by atoms with van der Waals surface area (Å²) in [7, 11) is 0. The molecule has 0 amide bonds. The molecule has 35 heavy (non-hydrogen) atoms. The van der Waals surface area contributed by atoms with E-state index in [4.69, 9.17) is 4.98 Å². The molecule has 4 heteroatoms. The summed E-state index contributed by atoms with van der Waals surface area (Å²) in [6.07, 6.45) is 9.23. The van der Waals surface area contributed by atoms with Crippen LogP contribution in [0.1, 0.15) is 94.2 Å². The quantitative estimate of drug-likeness (QED) is 0.397. The highest BCUT2D eigenvalue weighted by atomic mass is 19.1. The summed E-state index contributed by atoms with van der Waals surface area (Å²) in [6, 6.07) is 1.61. The minimum atomic E-state index is -0.731. The maximum Gasteiger partial charge on any atom is 0.128 e. The van der Waals surface area contributed by atoms with Gasteiger partial charge in [-0.25, -0.2) is 19.0 Å². The van der Waals surface area contributed by atoms with Gasteiger partial charge in [-0.1, -0.05) is 40.2 Å². The molecule has 1 aromatic heterocycles. The number of hydrogen-bond acceptors (Lipinski definition) is 3. The summed E-state index contributed by atoms with van der Waals surface area (Å²) in [6.45, 7) is 12.2. The Balaban J connectivity index is 1.99. The Morgan fingerprint density at radius 1 is 1.31 bits per heavy atom. The number of aromatic nitrogens is 1. The summed E-state index contributed by atoms with van der Waals surface area (Å²) in [5.41, 5.74) is 7.21. The first kappa shape index (κ1) is 25.3. The number of carbonyl (C=O) groups excluding carboxylic acids is 2. The molecule has 0 saturated heterocycles. The first-order chi connectivity index (χ1) is 16.7. The van der Waals surface area contributed by atoms with Crippen LogP contribution < -0.4 is 0 Å². The predicted octanol–water partition coefficient (Wildman–Crippen LogP) is 7.29. The van der Waals surface area contributed by atoms with Crippen molar-refractivity contribution in [3.05, 3.63) is 57.6 Å². The number of rotatable bonds is 7. The molecule has 2 aromatic rings. The molecule has 1 heterocycles. The third kappa shape index (κ3) is 3.94. The summed E-state index contributed by atoms with van der Waals surface area (Å²) in [5, 5.41) is 1.16. The SMILES string of the molecule is CCCC1Cc2c(nc3cc(F)c(C)c4c3c2[C@@H](C)CC4)/C1=C/C(C)C(C=C=O)(CC)C(C)=C=O. The molecule has 0 saturated carbocycles. The lowest BCUT2D eigenvalue weighted by Gasteiger charge is -2.33. The molecule has 184 valence electrons. The third-order valence-corrected chi connectivity index (χ3v) is 8.86. The highest BCUT2D eigenvalue weighted by Crippen LogP contribution is 2.50. The van der Waals surface area contributed by atoms with Gasteiger partial charge >= 0.3 is 0 Å². The molecule has 2 aliphatic rings. The van der Waals surface area contributed by atoms with E-state index in [0.29, 0.717) is 23.8 Å². The Bertz CT molecular complexity index is 1310. The van der Waals surface area contributed by atoms with Gasteiger partial charge in [-0.2, -0.15) is 0 Å². The van der Waals surface area contributed by atoms with Crippen LogP contribution in [0.3, 0.4) is 0 Å². The van der Waals surface area contributed by atoms with Crippen LogP contribution >= 0.6 is 0 Å². The molecule has 0 spiro atoms. The number of aryl methyl sites for hydroxylation is 1. The molecule has 0 bridgehead atoms. The van der Waals surface area contributed by atoms with Crippen LogP contribution in [0.4, 0.5) is 4.39 Å². The first-order valence-corrected chi connectivity index (χ1v) is 13.0. The molecule has 3 unspecified atom stereocenters. The molecule has 2 aliphatic carbocycles. The fourth-order valence-corrected chi connectivity index (χ4v) is 6.71. The topological polar surface area (TPSA) is 47.0 Å². The van der Waals surface area contributed by atoms with Crippen LogP contribution in [0.5, 0.6) is 0 Å². The summed E-state index contributed by atoms with van der Waals surface area (Å²) >= 11 is 0. The standard InChI is InChI=1S/C31H36FNO2/c1-7-9-22-15-25-28-18(3)10-11-23-21(6)26(32)16-27(29(23)28)33-30(25)24(22)14-19(4)31(8-2,12-13-34)20(5)17-35/h12,14,16,18-19,22H,7-11,15H2,1-6H3/b24-14+/t18-,19?,22?,31?/m0/s1. The van der Waals surface area contributed by atoms with Gasteiger partial charge in [-0.05, 0) is 91.5 Å². The Kier molecular flexibility index (Phi) is 7.00. The van der Waals surface area contributed by atoms with Gasteiger partial charge in [0.1, 0.15) is 17.7 Å². The highest BCUT2D eigenvalue weighted by Gasteiger charge is 2.39. The van der Waals surface area contributed by atoms with Gasteiger partial charge in [0.15, 0.2) is 0 Å². The molecule has 0 fully saturated rings. The van der Waals surface area contributed by atoms with Crippen molar-refractivity contribution in [2.24, 2.45) is 17.3 Å². The summed E-state index contributed by atoms with van der Waals surface area (Å²) in [4.78, 5) is 28.3. The highest BCUT2D eigenvalue weighted by molar-refractivity contribution is 5.93. The number of benzene rings is 1. The minimum absolute atomic E-state index is 0.118. The van der Waals surface area contributed by atoms with E-state index in [1.807, 2.05) is 25.7 Å². The monoisotopic (exact) mass is 473 g/mol. The zero-order chi connectivity index (χ0) is 25.5. The van der Waals surface area contributed by atoms with Crippen LogP contribution in [0.15, 0.2) is 23.8 Å². The second-order valence-electron chi connectivity index (χ2n) is 10.6. The van der Waals surface area contributed by atoms with E-state index in [1.54, 1.807) is 13.0 Å². The van der Waals surface area contributed by atoms with Gasteiger partial charge in [0.05, 0.1) is 11.2 Å². The van der Waals surface area contributed by atoms with Crippen LogP contribution in [0.2, 0.25) is 0 Å². The Hall–Kier alpha value is -2.80. The number of halogens is 1. The molecule has 0 radical (unpaired) electrons. The molecular formula is C31H36FNO2. The van der Waals surface area contributed by atoms with Gasteiger partial charge in [0.2, 0.25) is 0 Å². The molecule has 4 rings (SSSR count). The van der Waals surface area contributed by atoms with Crippen molar-refractivity contribution in [1.82, 2.24) is 4.98 Å². The van der Waals surface area contributed by atoms with Crippen molar-refractivity contribution in [2.45, 2.75) is 86.0 Å². The zero-order valence-electron chi connectivity index (χ0n) is 21.8. The lowest BCUT2D eigenvalue weighted by Crippen LogP contribution is -2.27. The number of pyridine rings is 1. The van der Waals surface area contributed by atoms with E-state index < -0.39 is 5.41 Å². The van der Waals surface area contributed by atoms with Crippen molar-refractivity contribution in [3.63, 3.8) is 0 Å². The van der Waals surface area contributed by atoms with Gasteiger partial charge in [-0.15, -0.1) is 0 Å². The maximum absolute atomic E-state index is 14.9. The Morgan fingerprint density at radius 2 is 2.06 bits per heavy atom. The predicted molar refractivity (Wildman–Crippen MR) is 140 cm³/mol. The van der Waals surface area contributed by atoms with E-state index >= 15 is 0 Å². The molecule has 4 atom stereocenters. The van der Waals surface area contributed by atoms with E-state index in [9.17, 15) is 14.0 Å². The third-order valence-electron chi connectivity index (χ3n) is 8.86. The number of fused-ring (bicyclic) bond motifs is 2. The fourth-order valence-electron chi connectivity index (χ4n) is 6.71. The van der Waals surface area contributed by atoms with E-state index in [1.165, 1.54) is 22.8 Å². The molecule has 3 nitrogen and oxygen atoms in total. The summed E-state index contributed by atoms with van der Waals surface area (Å²) < 4.78 is 14.9. The Labute approximate surface area is 208 Å². The molecule has 1 aromatic carbocycles. The number of allylic oxidation sites excluding steroid dienone is 4. The van der Waals surface area contributed by atoms with Gasteiger partial charge < -0.3 is 0 Å². The average Bonchev–Trinajstić information content (AvgIpc) is 3.17. The maximum atomic E-state index is 14.9. The van der Waals surface area contributed by atoms with Crippen molar-refractivity contribution < 1.29 is 14.0 Å². The largest absolute Gasteiger partial charge is 0.248 e. The van der Waals surface area contributed by atoms with Crippen LogP contribution in [0, 0.1) is 30.0 Å². The van der Waals surface area contributed by atoms with E-state index in [-0.39, 0.29) is 11.7 Å². The van der Waals surface area contributed by atoms with E-state index in [0.717, 1.165) is 59.8 Å². The normalized spacial score (nSPS) is 22.3. The second-order valence-corrected chi connectivity index (χ2v) is 10.6. The number of hydrogen-bond donors (Lipinski definition) is 0. The lowest BCUT2D eigenvalue weighted by atomic mass is 9.68. The van der Waals surface area contributed by atoms with Crippen LogP contribution in [-0.2, 0) is 22.4 Å². The second kappa shape index (κ2) is 9.69. The average molecular weight is 474 g/mol. The fraction of sp³-hybridized carbons (Fsp3) is 0.516. The minimum Gasteiger partial charge on any atom is -0.248 e. The van der Waals surface area contributed by atoms with Crippen molar-refractivity contribution in [3.8, 4) is 0 Å². The molecule has 0 aliphatic heterocycles. The number of nitrogens with zero attached hydrogens (tertiary/aromatic N) is 1. The van der Waals surface area contributed by atoms with Crippen molar-refractivity contribution in [1.29, 1.82) is 0 Å². The van der Waals surface area contributed by atoms with Crippen LogP contribution in [0.25, 0.3) is 16.5 Å². The lowest BCUT2D eigenvalue weighted by molar-refractivity contribution is 0.345. The first-order valence-electron chi connectivity index (χ1n) is 13.0. The Morgan fingerprint density at radius 3 is 2.69 bits per heavy atom. The smallest absolute Gasteiger partial charge is 0.128 e. The van der Waals surface area contributed by atoms with E-state index in [2.05, 4.69) is 26.8 Å².